The third-order valence-corrected chi connectivity index (χ3v) is 4.73. The minimum absolute atomic E-state index is 1.12. The molecule has 0 aliphatic carbocycles. The van der Waals surface area contributed by atoms with Crippen LogP contribution in [-0.4, -0.2) is 39.6 Å². The minimum atomic E-state index is -3.76. The number of halogens is 4. The van der Waals surface area contributed by atoms with Crippen LogP contribution >= 0.6 is 0 Å². The van der Waals surface area contributed by atoms with Gasteiger partial charge in [-0.3, -0.25) is 0 Å². The summed E-state index contributed by atoms with van der Waals surface area (Å²) in [6, 6.07) is 0. The van der Waals surface area contributed by atoms with E-state index in [0.717, 1.165) is 11.6 Å². The molecule has 0 aromatic rings. The van der Waals surface area contributed by atoms with Crippen molar-refractivity contribution >= 4 is 29.9 Å². The molecule has 0 atom stereocenters. The van der Waals surface area contributed by atoms with Crippen LogP contribution in [0.15, 0.2) is 0 Å². The van der Waals surface area contributed by atoms with Crippen LogP contribution in [-0.2, 0) is 0 Å². The third kappa shape index (κ3) is 2.12. The van der Waals surface area contributed by atoms with Crippen LogP contribution in [0.4, 0.5) is 17.6 Å². The fraction of sp³-hybridized carbons (Fsp3) is 1.00. The van der Waals surface area contributed by atoms with Crippen molar-refractivity contribution in [1.29, 1.82) is 0 Å². The molecule has 0 nitrogen and oxygen atoms in total. The molecule has 0 saturated carbocycles. The summed E-state index contributed by atoms with van der Waals surface area (Å²) in [5.41, 5.74) is 0. The molecule has 0 aromatic heterocycles. The maximum atomic E-state index is 12.2. The van der Waals surface area contributed by atoms with E-state index in [2.05, 4.69) is 0 Å². The zero-order chi connectivity index (χ0) is 8.41. The standard InChI is InChI=1S/C4H6F4Se2/c1-9-3(5,6)4(7,8)10-2/h1-2H3. The van der Waals surface area contributed by atoms with E-state index in [0.29, 0.717) is 0 Å². The Labute approximate surface area is 69.1 Å². The van der Waals surface area contributed by atoms with E-state index in [1.54, 1.807) is 0 Å². The summed E-state index contributed by atoms with van der Waals surface area (Å²) >= 11 is -2.62. The second-order valence-corrected chi connectivity index (χ2v) is 5.31. The molecule has 0 radical (unpaired) electrons. The summed E-state index contributed by atoms with van der Waals surface area (Å²) in [6.45, 7) is 0. The summed E-state index contributed by atoms with van der Waals surface area (Å²) in [4.78, 5) is -7.51. The van der Waals surface area contributed by atoms with Gasteiger partial charge in [0.1, 0.15) is 0 Å². The Morgan fingerprint density at radius 1 is 0.800 bits per heavy atom. The van der Waals surface area contributed by atoms with Gasteiger partial charge in [0, 0.05) is 0 Å². The molecule has 0 unspecified atom stereocenters. The number of alkyl halides is 4. The van der Waals surface area contributed by atoms with Gasteiger partial charge in [-0.2, -0.15) is 0 Å². The fourth-order valence-corrected chi connectivity index (χ4v) is 3.05. The molecule has 0 fully saturated rings. The van der Waals surface area contributed by atoms with Gasteiger partial charge in [0.2, 0.25) is 0 Å². The molecule has 0 saturated heterocycles. The number of hydrogen-bond acceptors (Lipinski definition) is 0. The summed E-state index contributed by atoms with van der Waals surface area (Å²) in [7, 11) is 0. The second kappa shape index (κ2) is 3.44. The molecule has 0 spiro atoms. The molecular formula is C4H6F4Se2. The van der Waals surface area contributed by atoms with Crippen molar-refractivity contribution in [2.24, 2.45) is 0 Å². The Hall–Kier alpha value is 0.759. The van der Waals surface area contributed by atoms with Gasteiger partial charge in [0.05, 0.1) is 0 Å². The third-order valence-electron chi connectivity index (χ3n) is 0.852. The molecule has 0 bridgehead atoms. The Kier molecular flexibility index (Phi) is 3.70. The summed E-state index contributed by atoms with van der Waals surface area (Å²) in [6.07, 6.45) is 0. The Morgan fingerprint density at radius 2 is 1.00 bits per heavy atom. The molecular weight excluding hydrogens is 282 g/mol. The van der Waals surface area contributed by atoms with Crippen LogP contribution in [0.3, 0.4) is 0 Å². The van der Waals surface area contributed by atoms with Crippen LogP contribution in [0.2, 0.25) is 11.6 Å². The Balaban J connectivity index is 4.28. The number of rotatable bonds is 3. The molecule has 0 N–H and O–H groups in total. The molecule has 6 heteroatoms. The van der Waals surface area contributed by atoms with Crippen molar-refractivity contribution in [2.45, 2.75) is 21.3 Å². The average molecular weight is 288 g/mol. The molecule has 0 heterocycles. The molecule has 0 aliphatic heterocycles. The molecule has 10 heavy (non-hydrogen) atoms. The van der Waals surface area contributed by atoms with Crippen LogP contribution in [0.1, 0.15) is 0 Å². The van der Waals surface area contributed by atoms with E-state index in [4.69, 9.17) is 0 Å². The molecule has 62 valence electrons. The van der Waals surface area contributed by atoms with E-state index in [1.165, 1.54) is 0 Å². The van der Waals surface area contributed by atoms with Crippen molar-refractivity contribution < 1.29 is 17.6 Å². The van der Waals surface area contributed by atoms with Gasteiger partial charge in [0.25, 0.3) is 0 Å². The summed E-state index contributed by atoms with van der Waals surface area (Å²) in [5, 5.41) is 0. The van der Waals surface area contributed by atoms with Gasteiger partial charge in [-0.25, -0.2) is 0 Å². The predicted molar refractivity (Wildman–Crippen MR) is 33.1 cm³/mol. The van der Waals surface area contributed by atoms with E-state index >= 15 is 0 Å². The molecule has 0 aromatic carbocycles. The Bertz CT molecular complexity index is 99.8. The summed E-state index contributed by atoms with van der Waals surface area (Å²) in [5.74, 6) is 2.24. The normalized spacial score (nSPS) is 13.8. The van der Waals surface area contributed by atoms with Gasteiger partial charge in [-0.1, -0.05) is 0 Å². The van der Waals surface area contributed by atoms with Crippen molar-refractivity contribution in [3.05, 3.63) is 0 Å². The first-order valence-electron chi connectivity index (χ1n) is 2.23. The number of hydrogen-bond donors (Lipinski definition) is 0. The fourth-order valence-electron chi connectivity index (χ4n) is 0.238. The monoisotopic (exact) mass is 290 g/mol. The van der Waals surface area contributed by atoms with Gasteiger partial charge >= 0.3 is 68.8 Å². The second-order valence-electron chi connectivity index (χ2n) is 1.44. The first-order chi connectivity index (χ1) is 4.37. The predicted octanol–water partition coefficient (Wildman–Crippen LogP) is 1.68. The van der Waals surface area contributed by atoms with Gasteiger partial charge in [-0.15, -0.1) is 0 Å². The van der Waals surface area contributed by atoms with Crippen molar-refractivity contribution in [2.75, 3.05) is 0 Å². The zero-order valence-electron chi connectivity index (χ0n) is 5.33. The van der Waals surface area contributed by atoms with Gasteiger partial charge in [-0.05, 0) is 0 Å². The van der Waals surface area contributed by atoms with Crippen molar-refractivity contribution in [1.82, 2.24) is 0 Å². The Morgan fingerprint density at radius 3 is 1.10 bits per heavy atom. The van der Waals surface area contributed by atoms with E-state index in [9.17, 15) is 17.6 Å². The van der Waals surface area contributed by atoms with Crippen LogP contribution in [0.5, 0.6) is 0 Å². The van der Waals surface area contributed by atoms with Gasteiger partial charge in [0.15, 0.2) is 0 Å². The average Bonchev–Trinajstić information content (AvgIpc) is 1.88. The molecule has 0 amide bonds. The van der Waals surface area contributed by atoms with Crippen LogP contribution < -0.4 is 0 Å². The quantitative estimate of drug-likeness (QED) is 0.547. The van der Waals surface area contributed by atoms with E-state index in [1.807, 2.05) is 0 Å². The first kappa shape index (κ1) is 10.8. The van der Waals surface area contributed by atoms with Crippen molar-refractivity contribution in [3.8, 4) is 0 Å². The first-order valence-corrected chi connectivity index (χ1v) is 7.37. The van der Waals surface area contributed by atoms with Crippen molar-refractivity contribution in [3.63, 3.8) is 0 Å². The van der Waals surface area contributed by atoms with Crippen LogP contribution in [0.25, 0.3) is 0 Å². The topological polar surface area (TPSA) is 0 Å². The van der Waals surface area contributed by atoms with Gasteiger partial charge < -0.3 is 0 Å². The molecule has 0 rings (SSSR count). The summed E-state index contributed by atoms with van der Waals surface area (Å²) < 4.78 is 48.9. The SMILES string of the molecule is C[Se]C(F)(F)C(F)(F)[Se]C. The zero-order valence-corrected chi connectivity index (χ0v) is 8.75. The van der Waals surface area contributed by atoms with Crippen LogP contribution in [0, 0.1) is 0 Å². The molecule has 0 aliphatic rings. The van der Waals surface area contributed by atoms with E-state index in [-0.39, 0.29) is 0 Å². The van der Waals surface area contributed by atoms with E-state index < -0.39 is 39.6 Å². The maximum absolute atomic E-state index is 12.2.